The minimum Gasteiger partial charge on any atom is -0.303 e. The molecule has 0 unspecified atom stereocenters. The summed E-state index contributed by atoms with van der Waals surface area (Å²) in [5.41, 5.74) is 15.3. The van der Waals surface area contributed by atoms with E-state index in [1.165, 1.54) is 123 Å². The fourth-order valence-electron chi connectivity index (χ4n) is 7.78. The van der Waals surface area contributed by atoms with E-state index < -0.39 is 0 Å². The number of piperidine rings is 1. The predicted molar refractivity (Wildman–Crippen MR) is 165 cm³/mol. The van der Waals surface area contributed by atoms with Gasteiger partial charge in [-0.2, -0.15) is 0 Å². The molecule has 6 rings (SSSR count). The summed E-state index contributed by atoms with van der Waals surface area (Å²) in [5.74, 6) is 0. The first-order valence-electron chi connectivity index (χ1n) is 15.8. The van der Waals surface area contributed by atoms with E-state index in [9.17, 15) is 0 Å². The normalized spacial score (nSPS) is 17.4. The monoisotopic (exact) mass is 505 g/mol. The van der Waals surface area contributed by atoms with Crippen molar-refractivity contribution < 1.29 is 0 Å². The van der Waals surface area contributed by atoms with Crippen LogP contribution in [-0.2, 0) is 38.5 Å². The SMILES string of the molecule is C=C1CCc2c1c(-c1ccc3c(c1)CCC3)c1cc(CC)c(CC)cc1c2CCCCCN1CCCCC1. The number of likely N-dealkylation sites (tertiary alicyclic amines) is 1. The lowest BCUT2D eigenvalue weighted by Crippen LogP contribution is -2.30. The van der Waals surface area contributed by atoms with Crippen molar-refractivity contribution in [2.24, 2.45) is 0 Å². The van der Waals surface area contributed by atoms with Gasteiger partial charge in [-0.1, -0.05) is 63.6 Å². The lowest BCUT2D eigenvalue weighted by molar-refractivity contribution is 0.224. The van der Waals surface area contributed by atoms with E-state index in [0.717, 1.165) is 19.3 Å². The highest BCUT2D eigenvalue weighted by atomic mass is 15.1. The van der Waals surface area contributed by atoms with Crippen molar-refractivity contribution >= 4 is 16.3 Å². The van der Waals surface area contributed by atoms with Crippen molar-refractivity contribution in [2.45, 2.75) is 104 Å². The van der Waals surface area contributed by atoms with Crippen LogP contribution in [0.25, 0.3) is 27.5 Å². The highest BCUT2D eigenvalue weighted by Gasteiger charge is 2.27. The van der Waals surface area contributed by atoms with Crippen molar-refractivity contribution in [2.75, 3.05) is 19.6 Å². The number of fused-ring (bicyclic) bond motifs is 3. The van der Waals surface area contributed by atoms with Gasteiger partial charge in [0.15, 0.2) is 0 Å². The summed E-state index contributed by atoms with van der Waals surface area (Å²) >= 11 is 0. The summed E-state index contributed by atoms with van der Waals surface area (Å²) in [7, 11) is 0. The standard InChI is InChI=1S/C37H47N/c1-4-27-24-34-32(15-8-6-9-20-38-21-10-7-11-22-38)33-19-16-26(3)36(33)37(35(34)25-28(27)5-2)31-18-17-29-13-12-14-30(29)23-31/h17-18,23-25H,3-16,19-22H2,1-2H3. The van der Waals surface area contributed by atoms with Gasteiger partial charge < -0.3 is 4.90 Å². The van der Waals surface area contributed by atoms with Crippen LogP contribution in [0.3, 0.4) is 0 Å². The quantitative estimate of drug-likeness (QED) is 0.262. The maximum atomic E-state index is 4.63. The number of aryl methyl sites for hydroxylation is 5. The highest BCUT2D eigenvalue weighted by Crippen LogP contribution is 2.47. The molecule has 0 N–H and O–H groups in total. The van der Waals surface area contributed by atoms with Gasteiger partial charge in [0.05, 0.1) is 0 Å². The van der Waals surface area contributed by atoms with Gasteiger partial charge in [0.25, 0.3) is 0 Å². The maximum absolute atomic E-state index is 4.63. The molecule has 1 heterocycles. The Kier molecular flexibility index (Phi) is 7.75. The van der Waals surface area contributed by atoms with Gasteiger partial charge in [0, 0.05) is 0 Å². The second-order valence-corrected chi connectivity index (χ2v) is 12.2. The van der Waals surface area contributed by atoms with Gasteiger partial charge in [-0.25, -0.2) is 0 Å². The van der Waals surface area contributed by atoms with E-state index in [-0.39, 0.29) is 0 Å². The second-order valence-electron chi connectivity index (χ2n) is 12.2. The Bertz CT molecular complexity index is 1340. The lowest BCUT2D eigenvalue weighted by atomic mass is 9.82. The zero-order chi connectivity index (χ0) is 26.1. The Morgan fingerprint density at radius 1 is 0.711 bits per heavy atom. The molecule has 0 aromatic heterocycles. The van der Waals surface area contributed by atoms with Gasteiger partial charge in [-0.3, -0.25) is 0 Å². The number of unbranched alkanes of at least 4 members (excludes halogenated alkanes) is 2. The smallest absolute Gasteiger partial charge is 0.00187 e. The zero-order valence-electron chi connectivity index (χ0n) is 24.1. The van der Waals surface area contributed by atoms with E-state index in [4.69, 9.17) is 0 Å². The van der Waals surface area contributed by atoms with Gasteiger partial charge in [-0.05, 0) is 163 Å². The number of nitrogens with zero attached hydrogens (tertiary/aromatic N) is 1. The summed E-state index contributed by atoms with van der Waals surface area (Å²) in [4.78, 5) is 2.70. The molecule has 3 aliphatic rings. The molecule has 0 radical (unpaired) electrons. The van der Waals surface area contributed by atoms with Crippen LogP contribution >= 0.6 is 0 Å². The summed E-state index contributed by atoms with van der Waals surface area (Å²) in [6.45, 7) is 13.2. The molecule has 1 nitrogen and oxygen atoms in total. The van der Waals surface area contributed by atoms with Gasteiger partial charge in [0.2, 0.25) is 0 Å². The Morgan fingerprint density at radius 3 is 2.26 bits per heavy atom. The summed E-state index contributed by atoms with van der Waals surface area (Å²) in [5, 5.41) is 3.03. The molecular formula is C37H47N. The molecule has 1 aliphatic heterocycles. The summed E-state index contributed by atoms with van der Waals surface area (Å²) in [6.07, 6.45) is 17.7. The Hall–Kier alpha value is -2.38. The van der Waals surface area contributed by atoms with Crippen molar-refractivity contribution in [1.82, 2.24) is 4.90 Å². The fraction of sp³-hybridized carbons (Fsp3) is 0.514. The maximum Gasteiger partial charge on any atom is -0.00187 e. The average molecular weight is 506 g/mol. The molecular weight excluding hydrogens is 458 g/mol. The molecule has 0 saturated carbocycles. The van der Waals surface area contributed by atoms with Gasteiger partial charge in [-0.15, -0.1) is 0 Å². The predicted octanol–water partition coefficient (Wildman–Crippen LogP) is 9.28. The summed E-state index contributed by atoms with van der Waals surface area (Å²) < 4.78 is 0. The van der Waals surface area contributed by atoms with Gasteiger partial charge >= 0.3 is 0 Å². The van der Waals surface area contributed by atoms with Gasteiger partial charge in [0.1, 0.15) is 0 Å². The van der Waals surface area contributed by atoms with Crippen molar-refractivity contribution in [1.29, 1.82) is 0 Å². The van der Waals surface area contributed by atoms with Crippen LogP contribution in [0.1, 0.15) is 104 Å². The third-order valence-electron chi connectivity index (χ3n) is 9.88. The minimum atomic E-state index is 1.10. The van der Waals surface area contributed by atoms with Crippen LogP contribution in [0.2, 0.25) is 0 Å². The number of hydrogen-bond donors (Lipinski definition) is 0. The highest BCUT2D eigenvalue weighted by molar-refractivity contribution is 6.06. The molecule has 1 heteroatoms. The molecule has 38 heavy (non-hydrogen) atoms. The second kappa shape index (κ2) is 11.4. The third-order valence-corrected chi connectivity index (χ3v) is 9.88. The molecule has 200 valence electrons. The summed E-state index contributed by atoms with van der Waals surface area (Å²) in [6, 6.07) is 12.5. The number of rotatable bonds is 9. The van der Waals surface area contributed by atoms with Crippen molar-refractivity contribution in [3.8, 4) is 11.1 Å². The molecule has 0 spiro atoms. The van der Waals surface area contributed by atoms with Crippen LogP contribution < -0.4 is 0 Å². The molecule has 3 aromatic carbocycles. The first-order valence-corrected chi connectivity index (χ1v) is 15.8. The van der Waals surface area contributed by atoms with E-state index in [1.807, 2.05) is 0 Å². The molecule has 0 bridgehead atoms. The van der Waals surface area contributed by atoms with E-state index >= 15 is 0 Å². The average Bonchev–Trinajstić information content (AvgIpc) is 3.58. The first-order chi connectivity index (χ1) is 18.7. The van der Waals surface area contributed by atoms with E-state index in [2.05, 4.69) is 55.7 Å². The van der Waals surface area contributed by atoms with E-state index in [0.29, 0.717) is 0 Å². The third kappa shape index (κ3) is 4.88. The topological polar surface area (TPSA) is 3.24 Å². The molecule has 0 atom stereocenters. The van der Waals surface area contributed by atoms with Crippen LogP contribution in [0, 0.1) is 0 Å². The minimum absolute atomic E-state index is 1.10. The van der Waals surface area contributed by atoms with Crippen molar-refractivity contribution in [3.05, 3.63) is 75.9 Å². The van der Waals surface area contributed by atoms with Crippen LogP contribution in [0.4, 0.5) is 0 Å². The molecule has 3 aromatic rings. The zero-order valence-corrected chi connectivity index (χ0v) is 24.1. The van der Waals surface area contributed by atoms with Crippen molar-refractivity contribution in [3.63, 3.8) is 0 Å². The van der Waals surface area contributed by atoms with Crippen LogP contribution in [-0.4, -0.2) is 24.5 Å². The van der Waals surface area contributed by atoms with Crippen LogP contribution in [0.5, 0.6) is 0 Å². The Labute approximate surface area is 231 Å². The molecule has 2 aliphatic carbocycles. The largest absolute Gasteiger partial charge is 0.303 e. The lowest BCUT2D eigenvalue weighted by Gasteiger charge is -2.26. The first kappa shape index (κ1) is 25.9. The Balaban J connectivity index is 1.40. The Morgan fingerprint density at radius 2 is 1.47 bits per heavy atom. The molecule has 1 fully saturated rings. The van der Waals surface area contributed by atoms with Crippen LogP contribution in [0.15, 0.2) is 36.9 Å². The fourth-order valence-corrected chi connectivity index (χ4v) is 7.78. The number of benzene rings is 3. The van der Waals surface area contributed by atoms with E-state index in [1.54, 1.807) is 33.2 Å². The number of allylic oxidation sites excluding steroid dienone is 1. The molecule has 1 saturated heterocycles. The molecule has 0 amide bonds. The number of hydrogen-bond acceptors (Lipinski definition) is 1.